The van der Waals surface area contributed by atoms with Gasteiger partial charge in [-0.15, -0.1) is 0 Å². The van der Waals surface area contributed by atoms with Gasteiger partial charge in [0.05, 0.1) is 12.2 Å². The molecule has 6 nitrogen and oxygen atoms in total. The van der Waals surface area contributed by atoms with E-state index < -0.39 is 0 Å². The van der Waals surface area contributed by atoms with Gasteiger partial charge in [0.1, 0.15) is 0 Å². The highest BCUT2D eigenvalue weighted by atomic mass is 16.1. The Balaban J connectivity index is 1.50. The predicted octanol–water partition coefficient (Wildman–Crippen LogP) is 2.50. The van der Waals surface area contributed by atoms with Gasteiger partial charge in [0.25, 0.3) is 5.56 Å². The molecule has 28 heavy (non-hydrogen) atoms. The van der Waals surface area contributed by atoms with E-state index in [1.807, 2.05) is 55.9 Å². The number of nitrogens with zero attached hydrogens (tertiary/aromatic N) is 3. The third-order valence-electron chi connectivity index (χ3n) is 5.03. The Morgan fingerprint density at radius 3 is 2.43 bits per heavy atom. The predicted molar refractivity (Wildman–Crippen MR) is 109 cm³/mol. The SMILES string of the molecule is Cc1nn(C)c(C)c1CCC(=O)NCc1ccc(Cn2ccccc2=O)cc1. The maximum atomic E-state index is 12.2. The molecule has 2 aromatic heterocycles. The lowest BCUT2D eigenvalue weighted by atomic mass is 10.1. The van der Waals surface area contributed by atoms with Crippen molar-refractivity contribution in [1.82, 2.24) is 19.7 Å². The standard InChI is InChI=1S/C22H26N4O2/c1-16-20(17(2)25(3)24-16)11-12-21(27)23-14-18-7-9-19(10-8-18)15-26-13-5-4-6-22(26)28/h4-10,13H,11-12,14-15H2,1-3H3,(H,23,27). The van der Waals surface area contributed by atoms with Crippen LogP contribution in [0.3, 0.4) is 0 Å². The van der Waals surface area contributed by atoms with E-state index in [0.29, 0.717) is 25.9 Å². The van der Waals surface area contributed by atoms with Crippen LogP contribution in [0.25, 0.3) is 0 Å². The summed E-state index contributed by atoms with van der Waals surface area (Å²) in [5.74, 6) is 0.0302. The van der Waals surface area contributed by atoms with Crippen LogP contribution in [0.1, 0.15) is 34.5 Å². The summed E-state index contributed by atoms with van der Waals surface area (Å²) < 4.78 is 3.52. The van der Waals surface area contributed by atoms with E-state index in [0.717, 1.165) is 28.1 Å². The molecule has 0 spiro atoms. The van der Waals surface area contributed by atoms with Crippen molar-refractivity contribution in [3.8, 4) is 0 Å². The minimum Gasteiger partial charge on any atom is -0.352 e. The number of nitrogens with one attached hydrogen (secondary N) is 1. The zero-order valence-electron chi connectivity index (χ0n) is 16.6. The first-order valence-electron chi connectivity index (χ1n) is 9.43. The second kappa shape index (κ2) is 8.69. The summed E-state index contributed by atoms with van der Waals surface area (Å²) in [6, 6.07) is 13.1. The summed E-state index contributed by atoms with van der Waals surface area (Å²) >= 11 is 0. The highest BCUT2D eigenvalue weighted by molar-refractivity contribution is 5.76. The molecule has 2 heterocycles. The molecule has 0 saturated carbocycles. The van der Waals surface area contributed by atoms with Crippen LogP contribution < -0.4 is 10.9 Å². The molecule has 0 unspecified atom stereocenters. The lowest BCUT2D eigenvalue weighted by Gasteiger charge is -2.08. The van der Waals surface area contributed by atoms with Crippen molar-refractivity contribution in [1.29, 1.82) is 0 Å². The number of rotatable bonds is 7. The number of hydrogen-bond donors (Lipinski definition) is 1. The molecule has 0 aliphatic heterocycles. The van der Waals surface area contributed by atoms with Crippen molar-refractivity contribution in [2.75, 3.05) is 0 Å². The van der Waals surface area contributed by atoms with Crippen LogP contribution >= 0.6 is 0 Å². The van der Waals surface area contributed by atoms with Crippen LogP contribution in [0.15, 0.2) is 53.5 Å². The minimum absolute atomic E-state index is 0.0158. The first-order chi connectivity index (χ1) is 13.4. The van der Waals surface area contributed by atoms with Gasteiger partial charge < -0.3 is 9.88 Å². The topological polar surface area (TPSA) is 68.9 Å². The molecule has 0 radical (unpaired) electrons. The molecule has 0 saturated heterocycles. The van der Waals surface area contributed by atoms with E-state index in [2.05, 4.69) is 10.4 Å². The van der Waals surface area contributed by atoms with Gasteiger partial charge in [0, 0.05) is 38.0 Å². The molecule has 1 N–H and O–H groups in total. The molecule has 0 atom stereocenters. The summed E-state index contributed by atoms with van der Waals surface area (Å²) in [4.78, 5) is 24.0. The minimum atomic E-state index is -0.0158. The lowest BCUT2D eigenvalue weighted by Crippen LogP contribution is -2.23. The molecular formula is C22H26N4O2. The number of carbonyl (C=O) groups excluding carboxylic acids is 1. The zero-order chi connectivity index (χ0) is 20.1. The lowest BCUT2D eigenvalue weighted by molar-refractivity contribution is -0.121. The number of aromatic nitrogens is 3. The van der Waals surface area contributed by atoms with Crippen molar-refractivity contribution in [3.05, 3.63) is 87.1 Å². The van der Waals surface area contributed by atoms with E-state index in [1.54, 1.807) is 22.9 Å². The maximum Gasteiger partial charge on any atom is 0.250 e. The van der Waals surface area contributed by atoms with Gasteiger partial charge in [-0.3, -0.25) is 14.3 Å². The fraction of sp³-hybridized carbons (Fsp3) is 0.318. The first-order valence-corrected chi connectivity index (χ1v) is 9.43. The van der Waals surface area contributed by atoms with Gasteiger partial charge in [-0.25, -0.2) is 0 Å². The Morgan fingerprint density at radius 1 is 1.07 bits per heavy atom. The van der Waals surface area contributed by atoms with Crippen LogP contribution in [0.5, 0.6) is 0 Å². The van der Waals surface area contributed by atoms with Crippen molar-refractivity contribution >= 4 is 5.91 Å². The number of pyridine rings is 1. The van der Waals surface area contributed by atoms with Gasteiger partial charge in [-0.1, -0.05) is 30.3 Å². The molecule has 6 heteroatoms. The normalized spacial score (nSPS) is 10.8. The van der Waals surface area contributed by atoms with Crippen molar-refractivity contribution in [3.63, 3.8) is 0 Å². The van der Waals surface area contributed by atoms with E-state index in [4.69, 9.17) is 0 Å². The number of carbonyl (C=O) groups is 1. The Morgan fingerprint density at radius 2 is 1.79 bits per heavy atom. The Bertz CT molecular complexity index is 1020. The monoisotopic (exact) mass is 378 g/mol. The quantitative estimate of drug-likeness (QED) is 0.687. The molecule has 146 valence electrons. The smallest absolute Gasteiger partial charge is 0.250 e. The van der Waals surface area contributed by atoms with E-state index in [9.17, 15) is 9.59 Å². The molecule has 0 fully saturated rings. The Labute approximate surface area is 164 Å². The van der Waals surface area contributed by atoms with E-state index in [-0.39, 0.29) is 11.5 Å². The highest BCUT2D eigenvalue weighted by Crippen LogP contribution is 2.14. The average molecular weight is 378 g/mol. The number of benzene rings is 1. The molecule has 3 rings (SSSR count). The molecule has 0 bridgehead atoms. The summed E-state index contributed by atoms with van der Waals surface area (Å²) in [6.07, 6.45) is 2.92. The molecule has 3 aromatic rings. The molecule has 1 aromatic carbocycles. The van der Waals surface area contributed by atoms with E-state index >= 15 is 0 Å². The van der Waals surface area contributed by atoms with Crippen molar-refractivity contribution < 1.29 is 4.79 Å². The fourth-order valence-electron chi connectivity index (χ4n) is 3.26. The van der Waals surface area contributed by atoms with Gasteiger partial charge in [-0.05, 0) is 43.0 Å². The fourth-order valence-corrected chi connectivity index (χ4v) is 3.26. The van der Waals surface area contributed by atoms with Crippen LogP contribution in [-0.2, 0) is 31.4 Å². The summed E-state index contributed by atoms with van der Waals surface area (Å²) in [5.41, 5.74) is 5.31. The van der Waals surface area contributed by atoms with E-state index in [1.165, 1.54) is 0 Å². The Kier molecular flexibility index (Phi) is 6.09. The van der Waals surface area contributed by atoms with Crippen LogP contribution in [0.4, 0.5) is 0 Å². The van der Waals surface area contributed by atoms with Gasteiger partial charge in [0.15, 0.2) is 0 Å². The summed E-state index contributed by atoms with van der Waals surface area (Å²) in [6.45, 7) is 5.04. The van der Waals surface area contributed by atoms with Gasteiger partial charge in [-0.2, -0.15) is 5.10 Å². The van der Waals surface area contributed by atoms with Crippen molar-refractivity contribution in [2.45, 2.75) is 39.8 Å². The number of amides is 1. The largest absolute Gasteiger partial charge is 0.352 e. The first kappa shape index (κ1) is 19.6. The highest BCUT2D eigenvalue weighted by Gasteiger charge is 2.11. The molecule has 0 aliphatic carbocycles. The summed E-state index contributed by atoms with van der Waals surface area (Å²) in [7, 11) is 1.92. The van der Waals surface area contributed by atoms with Crippen molar-refractivity contribution in [2.24, 2.45) is 7.05 Å². The Hall–Kier alpha value is -3.15. The number of hydrogen-bond acceptors (Lipinski definition) is 3. The number of aryl methyl sites for hydroxylation is 2. The summed E-state index contributed by atoms with van der Waals surface area (Å²) in [5, 5.41) is 7.36. The average Bonchev–Trinajstić information content (AvgIpc) is 2.93. The molecule has 1 amide bonds. The third kappa shape index (κ3) is 4.76. The van der Waals surface area contributed by atoms with Crippen LogP contribution in [0.2, 0.25) is 0 Å². The van der Waals surface area contributed by atoms with Crippen LogP contribution in [-0.4, -0.2) is 20.3 Å². The maximum absolute atomic E-state index is 12.2. The second-order valence-electron chi connectivity index (χ2n) is 7.03. The second-order valence-corrected chi connectivity index (χ2v) is 7.03. The van der Waals surface area contributed by atoms with Gasteiger partial charge >= 0.3 is 0 Å². The molecular weight excluding hydrogens is 352 g/mol. The van der Waals surface area contributed by atoms with Crippen LogP contribution in [0, 0.1) is 13.8 Å². The molecule has 0 aliphatic rings. The zero-order valence-corrected chi connectivity index (χ0v) is 16.6. The third-order valence-corrected chi connectivity index (χ3v) is 5.03. The van der Waals surface area contributed by atoms with Gasteiger partial charge in [0.2, 0.25) is 5.91 Å².